The molecule has 0 bridgehead atoms. The van der Waals surface area contributed by atoms with Crippen molar-refractivity contribution in [3.63, 3.8) is 0 Å². The minimum atomic E-state index is -5.20. The summed E-state index contributed by atoms with van der Waals surface area (Å²) in [6.07, 6.45) is -16.4. The van der Waals surface area contributed by atoms with Crippen LogP contribution < -0.4 is 5.56 Å². The zero-order valence-corrected chi connectivity index (χ0v) is 26.4. The maximum absolute atomic E-state index is 15.0. The van der Waals surface area contributed by atoms with E-state index in [1.54, 1.807) is 18.7 Å². The molecule has 0 aliphatic heterocycles. The summed E-state index contributed by atoms with van der Waals surface area (Å²) in [5.74, 6) is -3.53. The van der Waals surface area contributed by atoms with Crippen LogP contribution in [0, 0.1) is 12.7 Å². The fraction of sp³-hybridized carbons (Fsp3) is 0.378. The molecule has 11 heteroatoms. The van der Waals surface area contributed by atoms with Gasteiger partial charge in [0.05, 0.1) is 23.4 Å². The van der Waals surface area contributed by atoms with Gasteiger partial charge >= 0.3 is 6.18 Å². The number of amides is 1. The molecule has 0 radical (unpaired) electrons. The summed E-state index contributed by atoms with van der Waals surface area (Å²) in [7, 11) is 0. The van der Waals surface area contributed by atoms with Crippen molar-refractivity contribution in [3.8, 4) is 11.1 Å². The number of likely N-dealkylation sites (N-methyl/N-ethyl adjacent to an activating group) is 1. The van der Waals surface area contributed by atoms with Gasteiger partial charge in [-0.15, -0.1) is 0 Å². The Morgan fingerprint density at radius 3 is 2.33 bits per heavy atom. The fourth-order valence-corrected chi connectivity index (χ4v) is 5.02. The lowest BCUT2D eigenvalue weighted by molar-refractivity contribution is -0.138. The molecule has 1 heterocycles. The molecule has 1 aliphatic rings. The molecular formula is C37H40F4N4O2S. The number of benzene rings is 3. The van der Waals surface area contributed by atoms with E-state index in [-0.39, 0.29) is 11.1 Å². The van der Waals surface area contributed by atoms with Crippen LogP contribution in [0.2, 0.25) is 0 Å². The molecule has 3 aromatic carbocycles. The van der Waals surface area contributed by atoms with Gasteiger partial charge in [-0.3, -0.25) is 9.59 Å². The predicted molar refractivity (Wildman–Crippen MR) is 181 cm³/mol. The zero-order chi connectivity index (χ0) is 53.0. The number of carbonyl (C=O) groups is 1. The highest BCUT2D eigenvalue weighted by Gasteiger charge is 2.32. The Kier molecular flexibility index (Phi) is 5.53. The summed E-state index contributed by atoms with van der Waals surface area (Å²) in [6.45, 7) is -1.03. The van der Waals surface area contributed by atoms with E-state index in [0.717, 1.165) is 6.92 Å². The summed E-state index contributed by atoms with van der Waals surface area (Å²) in [6, 6.07) is -13.3. The van der Waals surface area contributed by atoms with Gasteiger partial charge < -0.3 is 14.4 Å². The van der Waals surface area contributed by atoms with E-state index >= 15 is 4.79 Å². The molecule has 6 nitrogen and oxygen atoms in total. The van der Waals surface area contributed by atoms with Crippen molar-refractivity contribution in [2.75, 3.05) is 26.2 Å². The topological polar surface area (TPSA) is 58.4 Å². The van der Waals surface area contributed by atoms with Gasteiger partial charge in [-0.25, -0.2) is 4.39 Å². The van der Waals surface area contributed by atoms with E-state index in [1.165, 1.54) is 0 Å². The molecule has 48 heavy (non-hydrogen) atoms. The first-order valence-electron chi connectivity index (χ1n) is 24.8. The number of fused-ring (bicyclic) bond motifs is 1. The van der Waals surface area contributed by atoms with E-state index in [4.69, 9.17) is 26.0 Å². The summed E-state index contributed by atoms with van der Waals surface area (Å²) in [4.78, 5) is 34.5. The number of alkyl halides is 3. The second-order valence-electron chi connectivity index (χ2n) is 9.99. The third-order valence-electron chi connectivity index (χ3n) is 6.90. The predicted octanol–water partition coefficient (Wildman–Crippen LogP) is 7.53. The third kappa shape index (κ3) is 8.54. The Balaban J connectivity index is 1.81. The van der Waals surface area contributed by atoms with Gasteiger partial charge in [0, 0.05) is 47.6 Å². The molecule has 4 aromatic rings. The SMILES string of the molecule is [2H]c1c([2H])c(C([2H])([2H])Sc2nc(=O)c3c(n2C([2H])([2H])C(=O)N(CCN(CC)CC)Cc2c([2H])c([2H])c(-c4c([2H])c([2H])c(C(F)(F)F)c(C)c4[2H])c([2H])c2[2H])C([2H])([2H])C([2H])([2H])C3([2H])[2H])c([2H])c([2H])c1F. The average Bonchev–Trinajstić information content (AvgIpc) is 3.34. The summed E-state index contributed by atoms with van der Waals surface area (Å²) in [5.41, 5.74) is -14.4. The van der Waals surface area contributed by atoms with Crippen LogP contribution >= 0.6 is 11.8 Å². The first kappa shape index (κ1) is 17.1. The molecule has 0 unspecified atom stereocenters. The third-order valence-corrected chi connectivity index (χ3v) is 7.67. The number of halogens is 4. The first-order valence-corrected chi connectivity index (χ1v) is 15.1. The van der Waals surface area contributed by atoms with E-state index in [9.17, 15) is 25.1 Å². The van der Waals surface area contributed by atoms with Crippen molar-refractivity contribution >= 4 is 17.7 Å². The maximum atomic E-state index is 15.0. The number of hydrogen-bond acceptors (Lipinski definition) is 5. The quantitative estimate of drug-likeness (QED) is 0.0820. The monoisotopic (exact) mass is 701 g/mol. The van der Waals surface area contributed by atoms with E-state index in [1.807, 2.05) is 0 Å². The van der Waals surface area contributed by atoms with Gasteiger partial charge in [-0.2, -0.15) is 18.2 Å². The molecule has 0 saturated carbocycles. The van der Waals surface area contributed by atoms with Gasteiger partial charge in [-0.1, -0.05) is 73.9 Å². The van der Waals surface area contributed by atoms with Crippen LogP contribution in [0.3, 0.4) is 0 Å². The lowest BCUT2D eigenvalue weighted by Crippen LogP contribution is -2.40. The van der Waals surface area contributed by atoms with Gasteiger partial charge in [0.25, 0.3) is 5.56 Å². The summed E-state index contributed by atoms with van der Waals surface area (Å²) < 4.78 is 237. The molecule has 0 atom stereocenters. The minimum Gasteiger partial charge on any atom is -0.336 e. The number of aromatic nitrogens is 2. The van der Waals surface area contributed by atoms with Crippen molar-refractivity contribution in [2.24, 2.45) is 0 Å². The molecule has 1 aromatic heterocycles. The molecule has 0 spiro atoms. The highest BCUT2D eigenvalue weighted by Crippen LogP contribution is 2.34. The highest BCUT2D eigenvalue weighted by atomic mass is 32.2. The average molecular weight is 702 g/mol. The summed E-state index contributed by atoms with van der Waals surface area (Å²) in [5, 5.41) is -1.36. The Bertz CT molecular complexity index is 2770. The normalized spacial score (nSPS) is 22.9. The van der Waals surface area contributed by atoms with E-state index in [2.05, 4.69) is 4.98 Å². The van der Waals surface area contributed by atoms with Crippen molar-refractivity contribution in [2.45, 2.75) is 70.0 Å². The van der Waals surface area contributed by atoms with Crippen molar-refractivity contribution in [1.29, 1.82) is 0 Å². The molecule has 5 rings (SSSR count). The fourth-order valence-electron chi connectivity index (χ4n) is 4.37. The van der Waals surface area contributed by atoms with Crippen molar-refractivity contribution in [1.82, 2.24) is 19.4 Å². The molecule has 0 N–H and O–H groups in total. The van der Waals surface area contributed by atoms with E-state index in [0.29, 0.717) is 18.0 Å². The number of carbonyl (C=O) groups excluding carboxylic acids is 1. The largest absolute Gasteiger partial charge is 0.416 e. The Labute approximate surface area is 312 Å². The van der Waals surface area contributed by atoms with Gasteiger partial charge in [0.2, 0.25) is 5.91 Å². The smallest absolute Gasteiger partial charge is 0.336 e. The standard InChI is InChI=1S/C37H40F4N4O2S/c1-4-43(5-2)19-20-44(22-26-9-13-28(14-10-26)29-15-18-32(25(3)21-29)37(39,40)41)34(46)23-45-33-8-6-7-31(33)35(47)42-36(45)48-24-27-11-16-30(38)17-12-27/h9-18,21H,4-8,19-20,22-24H2,1-3H3/i6D2,7D2,8D2,9D,10D,11D,12D,13D,14D,15D,16D,17D,18D,21D,23D2,24D2. The van der Waals surface area contributed by atoms with Crippen molar-refractivity contribution in [3.05, 3.63) is 116 Å². The van der Waals surface area contributed by atoms with Crippen molar-refractivity contribution < 1.29 is 51.1 Å². The molecule has 1 aliphatic carbocycles. The van der Waals surface area contributed by atoms with Crippen LogP contribution in [-0.4, -0.2) is 51.4 Å². The van der Waals surface area contributed by atoms with Crippen LogP contribution in [0.1, 0.15) is 82.5 Å². The molecule has 254 valence electrons. The zero-order valence-electron chi connectivity index (χ0n) is 46.6. The molecular weight excluding hydrogens is 640 g/mol. The maximum Gasteiger partial charge on any atom is 0.416 e. The van der Waals surface area contributed by atoms with Crippen LogP contribution in [0.4, 0.5) is 17.6 Å². The first-order chi connectivity index (χ1) is 31.3. The van der Waals surface area contributed by atoms with Gasteiger partial charge in [0.1, 0.15) is 12.3 Å². The number of rotatable bonds is 13. The Morgan fingerprint density at radius 2 is 1.67 bits per heavy atom. The highest BCUT2D eigenvalue weighted by molar-refractivity contribution is 7.98. The van der Waals surface area contributed by atoms with E-state index < -0.39 is 196 Å². The molecule has 0 saturated heterocycles. The number of nitrogens with zero attached hydrogens (tertiary/aromatic N) is 4. The van der Waals surface area contributed by atoms with Crippen LogP contribution in [-0.2, 0) is 42.5 Å². The van der Waals surface area contributed by atoms with Gasteiger partial charge in [0.15, 0.2) is 5.16 Å². The molecule has 1 amide bonds. The van der Waals surface area contributed by atoms with Gasteiger partial charge in [-0.05, 0) is 85.1 Å². The summed E-state index contributed by atoms with van der Waals surface area (Å²) >= 11 is -0.432. The molecule has 0 fully saturated rings. The Hall–Kier alpha value is -3.96. The minimum absolute atomic E-state index is 0.114. The van der Waals surface area contributed by atoms with Crippen LogP contribution in [0.25, 0.3) is 11.1 Å². The lowest BCUT2D eigenvalue weighted by Gasteiger charge is -2.28. The second-order valence-corrected chi connectivity index (χ2v) is 10.8. The second kappa shape index (κ2) is 15.5. The number of thioether (sulfide) groups is 1. The van der Waals surface area contributed by atoms with Crippen LogP contribution in [0.15, 0.2) is 76.4 Å². The Morgan fingerprint density at radius 1 is 1.00 bits per heavy atom. The van der Waals surface area contributed by atoms with Crippen LogP contribution in [0.5, 0.6) is 0 Å². The lowest BCUT2D eigenvalue weighted by atomic mass is 9.98. The number of hydrogen-bond donors (Lipinski definition) is 0.